The average molecular weight is 394 g/mol. The molecule has 20 heavy (non-hydrogen) atoms. The van der Waals surface area contributed by atoms with Crippen LogP contribution in [0.15, 0.2) is 65.1 Å². The summed E-state index contributed by atoms with van der Waals surface area (Å²) in [5.74, 6) is -0.229. The summed E-state index contributed by atoms with van der Waals surface area (Å²) in [6.45, 7) is 0. The van der Waals surface area contributed by atoms with Gasteiger partial charge in [-0.05, 0) is 40.1 Å². The van der Waals surface area contributed by atoms with Crippen LogP contribution in [0.2, 0.25) is 0 Å². The third-order valence-corrected chi connectivity index (χ3v) is 5.04. The van der Waals surface area contributed by atoms with Crippen LogP contribution in [-0.4, -0.2) is 0 Å². The fraction of sp³-hybridized carbons (Fsp3) is 0.0588. The molecule has 0 amide bonds. The lowest BCUT2D eigenvalue weighted by atomic mass is 9.98. The van der Waals surface area contributed by atoms with Gasteiger partial charge < -0.3 is 0 Å². The Kier molecular flexibility index (Phi) is 3.90. The van der Waals surface area contributed by atoms with Gasteiger partial charge in [0.05, 0.1) is 4.83 Å². The fourth-order valence-electron chi connectivity index (χ4n) is 2.35. The van der Waals surface area contributed by atoms with E-state index in [0.29, 0.717) is 0 Å². The number of rotatable bonds is 2. The molecule has 0 saturated heterocycles. The Bertz CT molecular complexity index is 763. The van der Waals surface area contributed by atoms with E-state index in [1.165, 1.54) is 16.8 Å². The van der Waals surface area contributed by atoms with Gasteiger partial charge in [-0.1, -0.05) is 74.3 Å². The summed E-state index contributed by atoms with van der Waals surface area (Å²) >= 11 is 7.20. The maximum Gasteiger partial charge on any atom is 0.123 e. The van der Waals surface area contributed by atoms with Crippen LogP contribution in [0.1, 0.15) is 16.0 Å². The molecule has 0 fully saturated rings. The van der Waals surface area contributed by atoms with Crippen LogP contribution in [0.25, 0.3) is 10.8 Å². The zero-order valence-corrected chi connectivity index (χ0v) is 13.7. The van der Waals surface area contributed by atoms with Gasteiger partial charge in [-0.25, -0.2) is 4.39 Å². The average Bonchev–Trinajstić information content (AvgIpc) is 2.48. The van der Waals surface area contributed by atoms with E-state index in [1.54, 1.807) is 12.1 Å². The maximum absolute atomic E-state index is 13.5. The highest BCUT2D eigenvalue weighted by Crippen LogP contribution is 2.38. The summed E-state index contributed by atoms with van der Waals surface area (Å²) in [6, 6.07) is 19.1. The molecule has 0 bridgehead atoms. The first kappa shape index (κ1) is 13.8. The van der Waals surface area contributed by atoms with Crippen molar-refractivity contribution in [2.24, 2.45) is 0 Å². The van der Waals surface area contributed by atoms with Gasteiger partial charge in [0, 0.05) is 4.47 Å². The number of benzene rings is 3. The topological polar surface area (TPSA) is 0 Å². The highest BCUT2D eigenvalue weighted by Gasteiger charge is 2.16. The molecule has 1 unspecified atom stereocenters. The molecule has 3 rings (SSSR count). The van der Waals surface area contributed by atoms with Crippen LogP contribution in [0.4, 0.5) is 4.39 Å². The lowest BCUT2D eigenvalue weighted by Crippen LogP contribution is -1.96. The quantitative estimate of drug-likeness (QED) is 0.453. The minimum Gasteiger partial charge on any atom is -0.207 e. The molecule has 0 spiro atoms. The summed E-state index contributed by atoms with van der Waals surface area (Å²) in [5, 5.41) is 2.36. The first-order chi connectivity index (χ1) is 9.66. The van der Waals surface area contributed by atoms with E-state index < -0.39 is 0 Å². The van der Waals surface area contributed by atoms with Crippen LogP contribution in [0, 0.1) is 5.82 Å². The number of fused-ring (bicyclic) bond motifs is 1. The summed E-state index contributed by atoms with van der Waals surface area (Å²) < 4.78 is 14.4. The van der Waals surface area contributed by atoms with Crippen molar-refractivity contribution in [1.82, 2.24) is 0 Å². The largest absolute Gasteiger partial charge is 0.207 e. The second-order valence-electron chi connectivity index (χ2n) is 4.60. The smallest absolute Gasteiger partial charge is 0.123 e. The van der Waals surface area contributed by atoms with Crippen molar-refractivity contribution >= 4 is 42.6 Å². The van der Waals surface area contributed by atoms with Crippen LogP contribution in [-0.2, 0) is 0 Å². The van der Waals surface area contributed by atoms with Crippen molar-refractivity contribution in [2.75, 3.05) is 0 Å². The van der Waals surface area contributed by atoms with E-state index in [0.717, 1.165) is 15.6 Å². The van der Waals surface area contributed by atoms with Gasteiger partial charge in [0.1, 0.15) is 5.82 Å². The molecule has 0 aliphatic rings. The van der Waals surface area contributed by atoms with Crippen LogP contribution in [0.3, 0.4) is 0 Å². The molecule has 0 saturated carbocycles. The molecule has 0 heterocycles. The molecule has 1 atom stereocenters. The second kappa shape index (κ2) is 5.66. The zero-order valence-electron chi connectivity index (χ0n) is 10.5. The molecule has 3 aromatic rings. The molecule has 3 aromatic carbocycles. The summed E-state index contributed by atoms with van der Waals surface area (Å²) in [6.07, 6.45) is 0. The van der Waals surface area contributed by atoms with Crippen molar-refractivity contribution in [3.63, 3.8) is 0 Å². The van der Waals surface area contributed by atoms with E-state index in [1.807, 2.05) is 18.2 Å². The zero-order chi connectivity index (χ0) is 14.1. The van der Waals surface area contributed by atoms with Crippen molar-refractivity contribution in [3.8, 4) is 0 Å². The molecule has 0 aliphatic heterocycles. The SMILES string of the molecule is Fc1ccc(Br)c(C(Br)c2cccc3ccccc23)c1. The molecule has 100 valence electrons. The van der Waals surface area contributed by atoms with Crippen molar-refractivity contribution in [2.45, 2.75) is 4.83 Å². The van der Waals surface area contributed by atoms with E-state index in [2.05, 4.69) is 56.1 Å². The van der Waals surface area contributed by atoms with Gasteiger partial charge in [0.2, 0.25) is 0 Å². The first-order valence-corrected chi connectivity index (χ1v) is 7.94. The van der Waals surface area contributed by atoms with Crippen molar-refractivity contribution in [1.29, 1.82) is 0 Å². The standard InChI is InChI=1S/C17H11Br2F/c18-16-9-8-12(20)10-15(16)17(19)14-7-3-5-11-4-1-2-6-13(11)14/h1-10,17H. The molecule has 0 N–H and O–H groups in total. The maximum atomic E-state index is 13.5. The van der Waals surface area contributed by atoms with Gasteiger partial charge in [-0.15, -0.1) is 0 Å². The Morgan fingerprint density at radius 3 is 2.45 bits per heavy atom. The molecular weight excluding hydrogens is 383 g/mol. The molecule has 0 radical (unpaired) electrons. The van der Waals surface area contributed by atoms with Crippen LogP contribution >= 0.6 is 31.9 Å². The third-order valence-electron chi connectivity index (χ3n) is 3.33. The van der Waals surface area contributed by atoms with E-state index >= 15 is 0 Å². The Balaban J connectivity index is 2.17. The van der Waals surface area contributed by atoms with Crippen molar-refractivity contribution in [3.05, 3.63) is 82.1 Å². The van der Waals surface area contributed by atoms with E-state index in [4.69, 9.17) is 0 Å². The summed E-state index contributed by atoms with van der Waals surface area (Å²) in [4.78, 5) is -0.0568. The highest BCUT2D eigenvalue weighted by molar-refractivity contribution is 9.11. The monoisotopic (exact) mass is 392 g/mol. The normalized spacial score (nSPS) is 12.6. The fourth-order valence-corrected chi connectivity index (χ4v) is 3.91. The molecule has 0 aromatic heterocycles. The van der Waals surface area contributed by atoms with Gasteiger partial charge in [0.25, 0.3) is 0 Å². The Labute approximate surface area is 133 Å². The molecule has 0 nitrogen and oxygen atoms in total. The van der Waals surface area contributed by atoms with E-state index in [-0.39, 0.29) is 10.6 Å². The third kappa shape index (κ3) is 2.52. The lowest BCUT2D eigenvalue weighted by molar-refractivity contribution is 0.625. The van der Waals surface area contributed by atoms with Gasteiger partial charge >= 0.3 is 0 Å². The predicted octanol–water partition coefficient (Wildman–Crippen LogP) is 6.23. The van der Waals surface area contributed by atoms with Gasteiger partial charge in [-0.2, -0.15) is 0 Å². The van der Waals surface area contributed by atoms with Crippen molar-refractivity contribution < 1.29 is 4.39 Å². The number of hydrogen-bond donors (Lipinski definition) is 0. The summed E-state index contributed by atoms with van der Waals surface area (Å²) in [7, 11) is 0. The molecular formula is C17H11Br2F. The Hall–Kier alpha value is -1.19. The van der Waals surface area contributed by atoms with E-state index in [9.17, 15) is 4.39 Å². The molecule has 0 aliphatic carbocycles. The van der Waals surface area contributed by atoms with Gasteiger partial charge in [0.15, 0.2) is 0 Å². The lowest BCUT2D eigenvalue weighted by Gasteiger charge is -2.15. The Morgan fingerprint density at radius 1 is 0.850 bits per heavy atom. The number of halogens is 3. The van der Waals surface area contributed by atoms with Crippen LogP contribution in [0.5, 0.6) is 0 Å². The molecule has 3 heteroatoms. The van der Waals surface area contributed by atoms with Crippen LogP contribution < -0.4 is 0 Å². The second-order valence-corrected chi connectivity index (χ2v) is 6.37. The predicted molar refractivity (Wildman–Crippen MR) is 88.8 cm³/mol. The summed E-state index contributed by atoms with van der Waals surface area (Å²) in [5.41, 5.74) is 2.02. The highest BCUT2D eigenvalue weighted by atomic mass is 79.9. The minimum atomic E-state index is -0.229. The minimum absolute atomic E-state index is 0.0568. The number of alkyl halides is 1. The first-order valence-electron chi connectivity index (χ1n) is 6.23. The van der Waals surface area contributed by atoms with Gasteiger partial charge in [-0.3, -0.25) is 0 Å². The Morgan fingerprint density at radius 2 is 1.60 bits per heavy atom. The number of hydrogen-bond acceptors (Lipinski definition) is 0.